The quantitative estimate of drug-likeness (QED) is 0.501. The topological polar surface area (TPSA) is 81.5 Å². The molecule has 6 heteroatoms. The van der Waals surface area contributed by atoms with Crippen LogP contribution in [0.25, 0.3) is 0 Å². The van der Waals surface area contributed by atoms with Crippen molar-refractivity contribution in [2.24, 2.45) is 0 Å². The molecule has 0 bridgehead atoms. The predicted octanol–water partition coefficient (Wildman–Crippen LogP) is 4.88. The van der Waals surface area contributed by atoms with Crippen molar-refractivity contribution in [1.29, 1.82) is 0 Å². The highest BCUT2D eigenvalue weighted by atomic mass is 16.6. The van der Waals surface area contributed by atoms with E-state index in [0.29, 0.717) is 17.0 Å². The third-order valence-corrected chi connectivity index (χ3v) is 3.93. The lowest BCUT2D eigenvalue weighted by atomic mass is 10.1. The first-order valence-electron chi connectivity index (χ1n) is 8.38. The molecule has 0 unspecified atom stereocenters. The number of carbonyl (C=O) groups excluding carboxylic acids is 1. The van der Waals surface area contributed by atoms with Gasteiger partial charge in [0, 0.05) is 17.3 Å². The lowest BCUT2D eigenvalue weighted by Gasteiger charge is -2.08. The maximum absolute atomic E-state index is 12.2. The van der Waals surface area contributed by atoms with Gasteiger partial charge in [-0.3, -0.25) is 14.9 Å². The number of aryl methyl sites for hydroxylation is 1. The van der Waals surface area contributed by atoms with E-state index in [0.717, 1.165) is 11.3 Å². The summed E-state index contributed by atoms with van der Waals surface area (Å²) in [4.78, 5) is 22.7. The Bertz CT molecular complexity index is 951. The first-order chi connectivity index (χ1) is 13.0. The molecule has 1 N–H and O–H groups in total. The summed E-state index contributed by atoms with van der Waals surface area (Å²) in [5.41, 5.74) is 2.06. The second-order valence-electron chi connectivity index (χ2n) is 6.05. The third-order valence-electron chi connectivity index (χ3n) is 3.93. The SMILES string of the molecule is Cc1ccc(Oc2ccc(NC(=O)Cc3ccccc3[N+](=O)[O-])cc2)cc1. The Morgan fingerprint density at radius 1 is 0.963 bits per heavy atom. The van der Waals surface area contributed by atoms with Crippen LogP contribution >= 0.6 is 0 Å². The molecule has 0 spiro atoms. The molecule has 3 aromatic carbocycles. The lowest BCUT2D eigenvalue weighted by Crippen LogP contribution is -2.15. The average molecular weight is 362 g/mol. The summed E-state index contributed by atoms with van der Waals surface area (Å²) in [7, 11) is 0. The van der Waals surface area contributed by atoms with E-state index in [-0.39, 0.29) is 18.0 Å². The van der Waals surface area contributed by atoms with Crippen LogP contribution in [0.1, 0.15) is 11.1 Å². The van der Waals surface area contributed by atoms with E-state index in [9.17, 15) is 14.9 Å². The van der Waals surface area contributed by atoms with Crippen molar-refractivity contribution >= 4 is 17.3 Å². The van der Waals surface area contributed by atoms with Gasteiger partial charge in [0.2, 0.25) is 5.91 Å². The van der Waals surface area contributed by atoms with Gasteiger partial charge in [-0.25, -0.2) is 0 Å². The fourth-order valence-electron chi connectivity index (χ4n) is 2.57. The number of para-hydroxylation sites is 1. The van der Waals surface area contributed by atoms with E-state index in [4.69, 9.17) is 4.74 Å². The highest BCUT2D eigenvalue weighted by Crippen LogP contribution is 2.24. The number of hydrogen-bond acceptors (Lipinski definition) is 4. The van der Waals surface area contributed by atoms with Crippen molar-refractivity contribution in [1.82, 2.24) is 0 Å². The Kier molecular flexibility index (Phi) is 5.47. The molecule has 0 heterocycles. The molecule has 0 atom stereocenters. The van der Waals surface area contributed by atoms with E-state index in [1.165, 1.54) is 6.07 Å². The van der Waals surface area contributed by atoms with E-state index in [1.54, 1.807) is 42.5 Å². The zero-order valence-corrected chi connectivity index (χ0v) is 14.7. The lowest BCUT2D eigenvalue weighted by molar-refractivity contribution is -0.385. The molecular weight excluding hydrogens is 344 g/mol. The van der Waals surface area contributed by atoms with Crippen LogP contribution in [0.2, 0.25) is 0 Å². The van der Waals surface area contributed by atoms with Gasteiger partial charge in [0.25, 0.3) is 5.69 Å². The Balaban J connectivity index is 1.62. The molecule has 0 radical (unpaired) electrons. The summed E-state index contributed by atoms with van der Waals surface area (Å²) in [6.07, 6.45) is -0.0707. The largest absolute Gasteiger partial charge is 0.457 e. The Hall–Kier alpha value is -3.67. The van der Waals surface area contributed by atoms with Crippen LogP contribution in [0.3, 0.4) is 0 Å². The normalized spacial score (nSPS) is 10.3. The fraction of sp³-hybridized carbons (Fsp3) is 0.0952. The van der Waals surface area contributed by atoms with Crippen molar-refractivity contribution < 1.29 is 14.5 Å². The molecule has 3 aromatic rings. The molecule has 136 valence electrons. The second-order valence-corrected chi connectivity index (χ2v) is 6.05. The first kappa shape index (κ1) is 18.1. The van der Waals surface area contributed by atoms with Gasteiger partial charge in [-0.15, -0.1) is 0 Å². The third kappa shape index (κ3) is 4.92. The van der Waals surface area contributed by atoms with Crippen LogP contribution in [0, 0.1) is 17.0 Å². The highest BCUT2D eigenvalue weighted by molar-refractivity contribution is 5.92. The molecule has 0 saturated carbocycles. The predicted molar refractivity (Wildman–Crippen MR) is 103 cm³/mol. The minimum absolute atomic E-state index is 0.0607. The summed E-state index contributed by atoms with van der Waals surface area (Å²) in [5, 5.41) is 13.8. The maximum Gasteiger partial charge on any atom is 0.273 e. The highest BCUT2D eigenvalue weighted by Gasteiger charge is 2.15. The van der Waals surface area contributed by atoms with E-state index in [1.807, 2.05) is 31.2 Å². The summed E-state index contributed by atoms with van der Waals surface area (Å²) in [6, 6.07) is 20.9. The Morgan fingerprint density at radius 2 is 1.56 bits per heavy atom. The number of benzene rings is 3. The van der Waals surface area contributed by atoms with Crippen molar-refractivity contribution in [3.63, 3.8) is 0 Å². The average Bonchev–Trinajstić information content (AvgIpc) is 2.65. The van der Waals surface area contributed by atoms with E-state index >= 15 is 0 Å². The zero-order chi connectivity index (χ0) is 19.2. The number of rotatable bonds is 6. The molecule has 0 aliphatic carbocycles. The molecule has 0 aromatic heterocycles. The van der Waals surface area contributed by atoms with Gasteiger partial charge in [0.05, 0.1) is 11.3 Å². The van der Waals surface area contributed by atoms with Crippen molar-refractivity contribution in [2.45, 2.75) is 13.3 Å². The van der Waals surface area contributed by atoms with E-state index in [2.05, 4.69) is 5.32 Å². The number of carbonyl (C=O) groups is 1. The van der Waals surface area contributed by atoms with Gasteiger partial charge in [0.15, 0.2) is 0 Å². The van der Waals surface area contributed by atoms with Gasteiger partial charge in [-0.1, -0.05) is 35.9 Å². The number of ether oxygens (including phenoxy) is 1. The minimum Gasteiger partial charge on any atom is -0.457 e. The minimum atomic E-state index is -0.486. The molecule has 6 nitrogen and oxygen atoms in total. The van der Waals surface area contributed by atoms with Gasteiger partial charge in [0.1, 0.15) is 11.5 Å². The molecule has 3 rings (SSSR count). The summed E-state index contributed by atoms with van der Waals surface area (Å²) in [6.45, 7) is 2.01. The molecule has 0 aliphatic rings. The van der Waals surface area contributed by atoms with Crippen LogP contribution in [0.4, 0.5) is 11.4 Å². The molecular formula is C21H18N2O4. The molecule has 27 heavy (non-hydrogen) atoms. The Labute approximate surface area is 156 Å². The summed E-state index contributed by atoms with van der Waals surface area (Å²) < 4.78 is 5.74. The number of nitro benzene ring substituents is 1. The summed E-state index contributed by atoms with van der Waals surface area (Å²) in [5.74, 6) is 1.06. The van der Waals surface area contributed by atoms with Crippen molar-refractivity contribution in [3.05, 3.63) is 94.0 Å². The standard InChI is InChI=1S/C21H18N2O4/c1-15-6-10-18(11-7-15)27-19-12-8-17(9-13-19)22-21(24)14-16-4-2-3-5-20(16)23(25)26/h2-13H,14H2,1H3,(H,22,24). The van der Waals surface area contributed by atoms with Gasteiger partial charge >= 0.3 is 0 Å². The van der Waals surface area contributed by atoms with E-state index < -0.39 is 4.92 Å². The zero-order valence-electron chi connectivity index (χ0n) is 14.7. The van der Waals surface area contributed by atoms with Crippen molar-refractivity contribution in [3.8, 4) is 11.5 Å². The molecule has 0 aliphatic heterocycles. The second kappa shape index (κ2) is 8.14. The maximum atomic E-state index is 12.2. The number of nitro groups is 1. The number of nitrogens with zero attached hydrogens (tertiary/aromatic N) is 1. The Morgan fingerprint density at radius 3 is 2.19 bits per heavy atom. The van der Waals surface area contributed by atoms with Gasteiger partial charge in [-0.2, -0.15) is 0 Å². The van der Waals surface area contributed by atoms with Crippen LogP contribution < -0.4 is 10.1 Å². The number of amides is 1. The number of nitrogens with one attached hydrogen (secondary N) is 1. The van der Waals surface area contributed by atoms with Gasteiger partial charge < -0.3 is 10.1 Å². The monoisotopic (exact) mass is 362 g/mol. The number of hydrogen-bond donors (Lipinski definition) is 1. The van der Waals surface area contributed by atoms with Crippen LogP contribution in [0.15, 0.2) is 72.8 Å². The fourth-order valence-corrected chi connectivity index (χ4v) is 2.57. The van der Waals surface area contributed by atoms with Crippen LogP contribution in [-0.2, 0) is 11.2 Å². The van der Waals surface area contributed by atoms with Crippen molar-refractivity contribution in [2.75, 3.05) is 5.32 Å². The van der Waals surface area contributed by atoms with Gasteiger partial charge in [-0.05, 0) is 43.3 Å². The molecule has 0 saturated heterocycles. The summed E-state index contributed by atoms with van der Waals surface area (Å²) >= 11 is 0. The molecule has 1 amide bonds. The van der Waals surface area contributed by atoms with Crippen LogP contribution in [-0.4, -0.2) is 10.8 Å². The first-order valence-corrected chi connectivity index (χ1v) is 8.38. The smallest absolute Gasteiger partial charge is 0.273 e. The number of anilines is 1. The molecule has 0 fully saturated rings. The van der Waals surface area contributed by atoms with Crippen LogP contribution in [0.5, 0.6) is 11.5 Å².